The summed E-state index contributed by atoms with van der Waals surface area (Å²) in [5, 5.41) is 21.5. The largest absolute Gasteiger partial charge is 0.480 e. The number of methoxy groups -OCH3 is 1. The molecule has 3 aromatic rings. The average Bonchev–Trinajstić information content (AvgIpc) is 2.69. The van der Waals surface area contributed by atoms with E-state index in [2.05, 4.69) is 9.82 Å². The lowest BCUT2D eigenvalue weighted by Gasteiger charge is -2.20. The molecular weight excluding hydrogens is 376 g/mol. The maximum atomic E-state index is 12.3. The van der Waals surface area contributed by atoms with Gasteiger partial charge >= 0.3 is 5.97 Å². The molecule has 8 heteroatoms. The molecule has 0 spiro atoms. The monoisotopic (exact) mass is 396 g/mol. The van der Waals surface area contributed by atoms with Crippen molar-refractivity contribution in [1.29, 1.82) is 0 Å². The van der Waals surface area contributed by atoms with Gasteiger partial charge in [0.2, 0.25) is 0 Å². The van der Waals surface area contributed by atoms with Crippen molar-refractivity contribution in [3.05, 3.63) is 86.7 Å². The van der Waals surface area contributed by atoms with Gasteiger partial charge in [-0.05, 0) is 40.5 Å². The fraction of sp³-hybridized carbons (Fsp3) is 0.238. The Balaban J connectivity index is 2.16. The van der Waals surface area contributed by atoms with Crippen molar-refractivity contribution in [2.75, 3.05) is 7.11 Å². The van der Waals surface area contributed by atoms with Crippen LogP contribution >= 0.6 is 0 Å². The first-order chi connectivity index (χ1) is 13.9. The lowest BCUT2D eigenvalue weighted by Crippen LogP contribution is -2.19. The van der Waals surface area contributed by atoms with E-state index in [1.165, 1.54) is 0 Å². The molecule has 1 aromatic heterocycles. The highest BCUT2D eigenvalue weighted by atomic mass is 16.9. The van der Waals surface area contributed by atoms with Crippen molar-refractivity contribution >= 4 is 16.7 Å². The van der Waals surface area contributed by atoms with Crippen molar-refractivity contribution in [3.8, 4) is 0 Å². The SMILES string of the molecule is COCc1c([C@H](C(=O)O)c2nc(CO[N+](=O)[O-])ccc2C)ccc2ccccc12. The Hall–Kier alpha value is -3.52. The number of carbonyl (C=O) groups is 1. The number of hydrogen-bond donors (Lipinski definition) is 1. The van der Waals surface area contributed by atoms with Gasteiger partial charge in [-0.1, -0.05) is 42.5 Å². The van der Waals surface area contributed by atoms with E-state index in [-0.39, 0.29) is 18.9 Å². The first-order valence-corrected chi connectivity index (χ1v) is 8.88. The van der Waals surface area contributed by atoms with Crippen molar-refractivity contribution in [1.82, 2.24) is 4.98 Å². The first-order valence-electron chi connectivity index (χ1n) is 8.88. The highest BCUT2D eigenvalue weighted by Gasteiger charge is 2.28. The number of aryl methyl sites for hydroxylation is 1. The summed E-state index contributed by atoms with van der Waals surface area (Å²) in [5.41, 5.74) is 2.60. The molecular formula is C21H20N2O6. The summed E-state index contributed by atoms with van der Waals surface area (Å²) in [7, 11) is 1.56. The zero-order valence-corrected chi connectivity index (χ0v) is 16.0. The smallest absolute Gasteiger partial charge is 0.317 e. The van der Waals surface area contributed by atoms with Gasteiger partial charge in [0, 0.05) is 7.11 Å². The summed E-state index contributed by atoms with van der Waals surface area (Å²) < 4.78 is 5.35. The summed E-state index contributed by atoms with van der Waals surface area (Å²) in [6.45, 7) is 1.65. The van der Waals surface area contributed by atoms with Crippen molar-refractivity contribution in [2.24, 2.45) is 0 Å². The Labute approximate surface area is 166 Å². The minimum absolute atomic E-state index is 0.240. The Morgan fingerprint density at radius 3 is 2.62 bits per heavy atom. The number of fused-ring (bicyclic) bond motifs is 1. The molecule has 0 fully saturated rings. The van der Waals surface area contributed by atoms with E-state index in [1.54, 1.807) is 32.2 Å². The molecule has 8 nitrogen and oxygen atoms in total. The van der Waals surface area contributed by atoms with E-state index in [9.17, 15) is 20.0 Å². The fourth-order valence-corrected chi connectivity index (χ4v) is 3.40. The molecule has 0 aliphatic carbocycles. The van der Waals surface area contributed by atoms with E-state index in [0.717, 1.165) is 16.3 Å². The van der Waals surface area contributed by atoms with Gasteiger partial charge in [0.05, 0.1) is 18.0 Å². The molecule has 2 aromatic carbocycles. The van der Waals surface area contributed by atoms with Crippen LogP contribution in [0.2, 0.25) is 0 Å². The second kappa shape index (κ2) is 8.66. The number of nitrogens with zero attached hydrogens (tertiary/aromatic N) is 2. The van der Waals surface area contributed by atoms with Gasteiger partial charge in [-0.2, -0.15) is 0 Å². The number of pyridine rings is 1. The van der Waals surface area contributed by atoms with Crippen molar-refractivity contribution < 1.29 is 24.6 Å². The quantitative estimate of drug-likeness (QED) is 0.457. The normalized spacial score (nSPS) is 11.9. The third kappa shape index (κ3) is 4.33. The topological polar surface area (TPSA) is 112 Å². The van der Waals surface area contributed by atoms with Crippen LogP contribution in [0.5, 0.6) is 0 Å². The third-order valence-corrected chi connectivity index (χ3v) is 4.71. The predicted molar refractivity (Wildman–Crippen MR) is 105 cm³/mol. The molecule has 1 heterocycles. The first kappa shape index (κ1) is 20.2. The molecule has 0 bridgehead atoms. The van der Waals surface area contributed by atoms with Gasteiger partial charge < -0.3 is 14.7 Å². The van der Waals surface area contributed by atoms with Crippen LogP contribution in [0.3, 0.4) is 0 Å². The number of aliphatic carboxylic acids is 1. The zero-order valence-electron chi connectivity index (χ0n) is 16.0. The lowest BCUT2D eigenvalue weighted by molar-refractivity contribution is -0.763. The number of hydrogen-bond acceptors (Lipinski definition) is 6. The molecule has 1 atom stereocenters. The average molecular weight is 396 g/mol. The van der Waals surface area contributed by atoms with Gasteiger partial charge in [0.25, 0.3) is 5.09 Å². The zero-order chi connectivity index (χ0) is 21.0. The molecule has 0 saturated heterocycles. The van der Waals surface area contributed by atoms with Crippen LogP contribution in [0.15, 0.2) is 48.5 Å². The highest BCUT2D eigenvalue weighted by molar-refractivity contribution is 5.90. The maximum absolute atomic E-state index is 12.3. The number of ether oxygens (including phenoxy) is 1. The second-order valence-electron chi connectivity index (χ2n) is 6.56. The number of carboxylic acids is 1. The van der Waals surface area contributed by atoms with E-state index in [0.29, 0.717) is 16.8 Å². The fourth-order valence-electron chi connectivity index (χ4n) is 3.40. The van der Waals surface area contributed by atoms with Gasteiger partial charge in [-0.3, -0.25) is 9.78 Å². The van der Waals surface area contributed by atoms with Gasteiger partial charge in [-0.15, -0.1) is 10.1 Å². The van der Waals surface area contributed by atoms with E-state index in [4.69, 9.17) is 4.74 Å². The van der Waals surface area contributed by atoms with Gasteiger partial charge in [0.1, 0.15) is 12.5 Å². The molecule has 29 heavy (non-hydrogen) atoms. The Bertz CT molecular complexity index is 1070. The molecule has 0 unspecified atom stereocenters. The van der Waals surface area contributed by atoms with Crippen LogP contribution in [0.25, 0.3) is 10.8 Å². The summed E-state index contributed by atoms with van der Waals surface area (Å²) in [5.74, 6) is -2.12. The third-order valence-electron chi connectivity index (χ3n) is 4.71. The van der Waals surface area contributed by atoms with E-state index < -0.39 is 17.0 Å². The summed E-state index contributed by atoms with van der Waals surface area (Å²) >= 11 is 0. The van der Waals surface area contributed by atoms with Crippen molar-refractivity contribution in [2.45, 2.75) is 26.1 Å². The number of rotatable bonds is 8. The molecule has 0 aliphatic heterocycles. The van der Waals surface area contributed by atoms with Crippen LogP contribution in [0.4, 0.5) is 0 Å². The number of carboxylic acid groups (broad SMARTS) is 1. The molecule has 1 N–H and O–H groups in total. The van der Waals surface area contributed by atoms with Gasteiger partial charge in [-0.25, -0.2) is 0 Å². The van der Waals surface area contributed by atoms with Crippen LogP contribution in [0.1, 0.15) is 34.0 Å². The van der Waals surface area contributed by atoms with Crippen molar-refractivity contribution in [3.63, 3.8) is 0 Å². The summed E-state index contributed by atoms with van der Waals surface area (Å²) in [4.78, 5) is 31.5. The number of benzene rings is 2. The van der Waals surface area contributed by atoms with Crippen LogP contribution in [0, 0.1) is 17.0 Å². The molecule has 150 valence electrons. The van der Waals surface area contributed by atoms with Crippen LogP contribution < -0.4 is 0 Å². The van der Waals surface area contributed by atoms with E-state index in [1.807, 2.05) is 30.3 Å². The van der Waals surface area contributed by atoms with Crippen LogP contribution in [-0.4, -0.2) is 28.3 Å². The Kier molecular flexibility index (Phi) is 6.04. The molecule has 0 radical (unpaired) electrons. The minimum atomic E-state index is -1.07. The predicted octanol–water partition coefficient (Wildman–Crippen LogP) is 3.61. The molecule has 3 rings (SSSR count). The second-order valence-corrected chi connectivity index (χ2v) is 6.56. The highest BCUT2D eigenvalue weighted by Crippen LogP contribution is 2.33. The molecule has 0 amide bonds. The molecule has 0 saturated carbocycles. The number of aromatic nitrogens is 1. The summed E-state index contributed by atoms with van der Waals surface area (Å²) in [6.07, 6.45) is 0. The maximum Gasteiger partial charge on any atom is 0.317 e. The summed E-state index contributed by atoms with van der Waals surface area (Å²) in [6, 6.07) is 14.6. The lowest BCUT2D eigenvalue weighted by atomic mass is 9.86. The standard InChI is InChI=1S/C21H20N2O6/c1-13-7-9-15(11-29-23(26)27)22-20(13)19(21(24)25)17-10-8-14-5-3-4-6-16(14)18(17)12-28-2/h3-10,19H,11-12H2,1-2H3,(H,24,25)/t19-/m0/s1. The molecule has 0 aliphatic rings. The van der Waals surface area contributed by atoms with E-state index >= 15 is 0 Å². The van der Waals surface area contributed by atoms with Crippen LogP contribution in [-0.2, 0) is 27.6 Å². The van der Waals surface area contributed by atoms with Gasteiger partial charge in [0.15, 0.2) is 0 Å². The Morgan fingerprint density at radius 1 is 1.17 bits per heavy atom. The minimum Gasteiger partial charge on any atom is -0.480 e. The Morgan fingerprint density at radius 2 is 1.93 bits per heavy atom.